The molecule has 0 amide bonds. The van der Waals surface area contributed by atoms with Gasteiger partial charge in [0.2, 0.25) is 0 Å². The maximum absolute atomic E-state index is 10.3. The van der Waals surface area contributed by atoms with Crippen molar-refractivity contribution in [1.82, 2.24) is 4.90 Å². The maximum Gasteiger partial charge on any atom is 0.161 e. The Morgan fingerprint density at radius 3 is 2.37 bits per heavy atom. The van der Waals surface area contributed by atoms with Gasteiger partial charge in [0.1, 0.15) is 5.75 Å². The first-order valence-corrected chi connectivity index (χ1v) is 9.74. The van der Waals surface area contributed by atoms with Gasteiger partial charge in [-0.15, -0.1) is 0 Å². The molecule has 1 fully saturated rings. The standard InChI is InChI=1S/C22H22ClNO3/c1-26-21-9-16-15-8-20(25)19(23)7-14(15)13-6-12-4-3-5-24(12)11-18(13)17(16)10-22(21)27-2/h7-10,12,25H,3-6,11H2,1-2H3/t12-/m0/s1. The van der Waals surface area contributed by atoms with Gasteiger partial charge >= 0.3 is 0 Å². The van der Waals surface area contributed by atoms with E-state index in [9.17, 15) is 5.11 Å². The summed E-state index contributed by atoms with van der Waals surface area (Å²) in [5, 5.41) is 15.0. The number of phenols is 1. The summed E-state index contributed by atoms with van der Waals surface area (Å²) in [5.41, 5.74) is 2.70. The van der Waals surface area contributed by atoms with Crippen molar-refractivity contribution in [2.45, 2.75) is 31.8 Å². The number of nitrogens with zero attached hydrogens (tertiary/aromatic N) is 1. The average Bonchev–Trinajstić information content (AvgIpc) is 3.14. The van der Waals surface area contributed by atoms with Crippen LogP contribution in [0.4, 0.5) is 0 Å². The van der Waals surface area contributed by atoms with Crippen LogP contribution in [0.3, 0.4) is 0 Å². The molecule has 0 unspecified atom stereocenters. The van der Waals surface area contributed by atoms with Crippen LogP contribution in [0, 0.1) is 0 Å². The first kappa shape index (κ1) is 17.0. The molecule has 140 valence electrons. The van der Waals surface area contributed by atoms with Crippen molar-refractivity contribution in [3.05, 3.63) is 40.4 Å². The number of fused-ring (bicyclic) bond motifs is 7. The Morgan fingerprint density at radius 1 is 0.963 bits per heavy atom. The molecule has 0 radical (unpaired) electrons. The van der Waals surface area contributed by atoms with Gasteiger partial charge in [-0.3, -0.25) is 4.90 Å². The minimum absolute atomic E-state index is 0.110. The molecule has 3 aromatic rings. The zero-order valence-electron chi connectivity index (χ0n) is 15.5. The second kappa shape index (κ2) is 6.18. The molecule has 5 rings (SSSR count). The summed E-state index contributed by atoms with van der Waals surface area (Å²) in [6, 6.07) is 8.40. The quantitative estimate of drug-likeness (QED) is 0.640. The Hall–Kier alpha value is -2.17. The van der Waals surface area contributed by atoms with E-state index in [1.807, 2.05) is 12.1 Å². The van der Waals surface area contributed by atoms with Crippen LogP contribution < -0.4 is 9.47 Å². The summed E-state index contributed by atoms with van der Waals surface area (Å²) in [6.45, 7) is 2.10. The number of benzene rings is 3. The van der Waals surface area contributed by atoms with Gasteiger partial charge in [0, 0.05) is 12.6 Å². The molecule has 0 saturated carbocycles. The summed E-state index contributed by atoms with van der Waals surface area (Å²) < 4.78 is 11.1. The zero-order valence-corrected chi connectivity index (χ0v) is 16.3. The second-order valence-corrected chi connectivity index (χ2v) is 7.94. The summed E-state index contributed by atoms with van der Waals surface area (Å²) in [4.78, 5) is 2.59. The fourth-order valence-corrected chi connectivity index (χ4v) is 5.06. The van der Waals surface area contributed by atoms with Crippen LogP contribution in [-0.4, -0.2) is 36.8 Å². The minimum Gasteiger partial charge on any atom is -0.506 e. The first-order chi connectivity index (χ1) is 13.1. The van der Waals surface area contributed by atoms with E-state index in [4.69, 9.17) is 21.1 Å². The fourth-order valence-electron chi connectivity index (χ4n) is 4.90. The van der Waals surface area contributed by atoms with Crippen molar-refractivity contribution >= 4 is 33.1 Å². The lowest BCUT2D eigenvalue weighted by atomic mass is 9.85. The molecule has 5 heteroatoms. The molecular weight excluding hydrogens is 362 g/mol. The van der Waals surface area contributed by atoms with Gasteiger partial charge in [-0.1, -0.05) is 11.6 Å². The van der Waals surface area contributed by atoms with E-state index >= 15 is 0 Å². The number of rotatable bonds is 2. The molecular formula is C22H22ClNO3. The summed E-state index contributed by atoms with van der Waals surface area (Å²) in [6.07, 6.45) is 3.53. The smallest absolute Gasteiger partial charge is 0.161 e. The zero-order chi connectivity index (χ0) is 18.7. The van der Waals surface area contributed by atoms with Crippen molar-refractivity contribution in [3.8, 4) is 17.2 Å². The highest BCUT2D eigenvalue weighted by atomic mass is 35.5. The number of phenolic OH excluding ortho intramolecular Hbond substituents is 1. The lowest BCUT2D eigenvalue weighted by molar-refractivity contribution is 0.229. The van der Waals surface area contributed by atoms with Gasteiger partial charge in [-0.25, -0.2) is 0 Å². The lowest BCUT2D eigenvalue weighted by Crippen LogP contribution is -2.35. The van der Waals surface area contributed by atoms with Gasteiger partial charge in [0.25, 0.3) is 0 Å². The number of ether oxygens (including phenoxy) is 2. The number of halogens is 1. The fraction of sp³-hybridized carbons (Fsp3) is 0.364. The molecule has 2 heterocycles. The van der Waals surface area contributed by atoms with Gasteiger partial charge in [-0.2, -0.15) is 0 Å². The maximum atomic E-state index is 10.3. The van der Waals surface area contributed by atoms with Gasteiger partial charge in [0.05, 0.1) is 19.2 Å². The molecule has 0 bridgehead atoms. The van der Waals surface area contributed by atoms with Crippen molar-refractivity contribution in [2.75, 3.05) is 20.8 Å². The Bertz CT molecular complexity index is 1080. The molecule has 3 aromatic carbocycles. The number of hydrogen-bond donors (Lipinski definition) is 1. The SMILES string of the molecule is COc1cc2c3c(c4cc(Cl)c(O)cc4c2cc1OC)C[C@@H]1CCCN1C3. The number of hydrogen-bond acceptors (Lipinski definition) is 4. The molecule has 0 spiro atoms. The first-order valence-electron chi connectivity index (χ1n) is 9.36. The van der Waals surface area contributed by atoms with Crippen molar-refractivity contribution in [2.24, 2.45) is 0 Å². The van der Waals surface area contributed by atoms with E-state index in [0.29, 0.717) is 16.8 Å². The third kappa shape index (κ3) is 2.47. The average molecular weight is 384 g/mol. The Balaban J connectivity index is 1.91. The van der Waals surface area contributed by atoms with Crippen LogP contribution in [0.2, 0.25) is 5.02 Å². The monoisotopic (exact) mass is 383 g/mol. The highest BCUT2D eigenvalue weighted by Gasteiger charge is 2.32. The molecule has 0 aliphatic carbocycles. The molecule has 2 aliphatic rings. The van der Waals surface area contributed by atoms with Crippen LogP contribution >= 0.6 is 11.6 Å². The third-order valence-corrected chi connectivity index (χ3v) is 6.52. The largest absolute Gasteiger partial charge is 0.506 e. The van der Waals surface area contributed by atoms with Gasteiger partial charge in [0.15, 0.2) is 11.5 Å². The highest BCUT2D eigenvalue weighted by molar-refractivity contribution is 6.33. The van der Waals surface area contributed by atoms with Crippen LogP contribution in [-0.2, 0) is 13.0 Å². The molecule has 0 aromatic heterocycles. The van der Waals surface area contributed by atoms with E-state index in [1.54, 1.807) is 20.3 Å². The van der Waals surface area contributed by atoms with Crippen LogP contribution in [0.1, 0.15) is 24.0 Å². The molecule has 4 nitrogen and oxygen atoms in total. The Kier molecular flexibility index (Phi) is 3.88. The van der Waals surface area contributed by atoms with Crippen molar-refractivity contribution in [3.63, 3.8) is 0 Å². The lowest BCUT2D eigenvalue weighted by Gasteiger charge is -2.33. The van der Waals surface area contributed by atoms with Gasteiger partial charge < -0.3 is 14.6 Å². The van der Waals surface area contributed by atoms with E-state index in [1.165, 1.54) is 29.4 Å². The Labute approximate surface area is 163 Å². The van der Waals surface area contributed by atoms with Crippen LogP contribution in [0.5, 0.6) is 17.2 Å². The molecule has 27 heavy (non-hydrogen) atoms. The van der Waals surface area contributed by atoms with Crippen LogP contribution in [0.25, 0.3) is 21.5 Å². The normalized spacial score (nSPS) is 19.3. The predicted molar refractivity (Wildman–Crippen MR) is 108 cm³/mol. The van der Waals surface area contributed by atoms with Crippen molar-refractivity contribution < 1.29 is 14.6 Å². The molecule has 1 atom stereocenters. The summed E-state index contributed by atoms with van der Waals surface area (Å²) >= 11 is 6.29. The van der Waals surface area contributed by atoms with Crippen molar-refractivity contribution in [1.29, 1.82) is 0 Å². The predicted octanol–water partition coefficient (Wildman–Crippen LogP) is 4.89. The second-order valence-electron chi connectivity index (χ2n) is 7.53. The topological polar surface area (TPSA) is 41.9 Å². The molecule has 1 N–H and O–H groups in total. The highest BCUT2D eigenvalue weighted by Crippen LogP contribution is 2.45. The van der Waals surface area contributed by atoms with E-state index in [-0.39, 0.29) is 5.75 Å². The Morgan fingerprint density at radius 2 is 1.63 bits per heavy atom. The number of methoxy groups -OCH3 is 2. The van der Waals surface area contributed by atoms with Gasteiger partial charge in [-0.05, 0) is 82.7 Å². The summed E-state index contributed by atoms with van der Waals surface area (Å²) in [7, 11) is 3.31. The van der Waals surface area contributed by atoms with E-state index in [2.05, 4.69) is 11.0 Å². The number of aromatic hydroxyl groups is 1. The molecule has 1 saturated heterocycles. The minimum atomic E-state index is 0.110. The van der Waals surface area contributed by atoms with E-state index < -0.39 is 0 Å². The van der Waals surface area contributed by atoms with E-state index in [0.717, 1.165) is 41.4 Å². The summed E-state index contributed by atoms with van der Waals surface area (Å²) in [5.74, 6) is 1.53. The third-order valence-electron chi connectivity index (χ3n) is 6.22. The molecule has 2 aliphatic heterocycles. The van der Waals surface area contributed by atoms with Crippen LogP contribution in [0.15, 0.2) is 24.3 Å².